The Kier molecular flexibility index (Phi) is 58.4. The van der Waals surface area contributed by atoms with Gasteiger partial charge in [-0.15, -0.1) is 0 Å². The number of nitrogens with one attached hydrogen (secondary N) is 1. The number of carbonyl (C=O) groups excluding carboxylic acids is 2. The molecule has 0 aromatic heterocycles. The lowest BCUT2D eigenvalue weighted by molar-refractivity contribution is -0.870. The summed E-state index contributed by atoms with van der Waals surface area (Å²) in [7, 11) is 1.14. The third-order valence-electron chi connectivity index (χ3n) is 14.1. The first-order chi connectivity index (χ1) is 40.4. The van der Waals surface area contributed by atoms with Crippen LogP contribution in [0.25, 0.3) is 0 Å². The topological polar surface area (TPSA) is 114 Å². The Hall–Kier alpha value is -3.85. The molecule has 3 unspecified atom stereocenters. The molecule has 0 heterocycles. The minimum Gasteiger partial charge on any atom is -0.756 e. The molecule has 0 aromatic rings. The molecule has 0 aliphatic carbocycles. The second kappa shape index (κ2) is 61.2. The molecule has 474 valence electrons. The van der Waals surface area contributed by atoms with E-state index in [9.17, 15) is 19.0 Å². The number of likely N-dealkylation sites (N-methyl/N-ethyl adjacent to an activating group) is 1. The lowest BCUT2D eigenvalue weighted by atomic mass is 10.0. The zero-order valence-corrected chi connectivity index (χ0v) is 55.0. The van der Waals surface area contributed by atoms with Crippen molar-refractivity contribution < 1.29 is 37.3 Å². The van der Waals surface area contributed by atoms with Crippen LogP contribution in [0.3, 0.4) is 0 Å². The zero-order chi connectivity index (χ0) is 60.7. The molecule has 0 aliphatic rings. The molecular weight excluding hydrogens is 1050 g/mol. The maximum absolute atomic E-state index is 13.6. The monoisotopic (exact) mass is 1170 g/mol. The number of hydrogen-bond acceptors (Lipinski definition) is 7. The van der Waals surface area contributed by atoms with Gasteiger partial charge in [0.1, 0.15) is 19.3 Å². The highest BCUT2D eigenvalue weighted by atomic mass is 31.2. The Morgan fingerprint density at radius 2 is 0.771 bits per heavy atom. The molecular formula is C73H125N2O7P. The molecule has 3 atom stereocenters. The van der Waals surface area contributed by atoms with Gasteiger partial charge in [0.2, 0.25) is 5.91 Å². The molecule has 0 radical (unpaired) electrons. The van der Waals surface area contributed by atoms with E-state index < -0.39 is 26.6 Å². The first-order valence-corrected chi connectivity index (χ1v) is 35.0. The third kappa shape index (κ3) is 62.5. The van der Waals surface area contributed by atoms with E-state index in [4.69, 9.17) is 13.8 Å². The fourth-order valence-corrected chi connectivity index (χ4v) is 9.64. The van der Waals surface area contributed by atoms with Crippen molar-refractivity contribution in [3.63, 3.8) is 0 Å². The molecule has 83 heavy (non-hydrogen) atoms. The molecule has 0 saturated heterocycles. The van der Waals surface area contributed by atoms with Gasteiger partial charge in [-0.05, 0) is 128 Å². The van der Waals surface area contributed by atoms with Crippen molar-refractivity contribution in [1.82, 2.24) is 5.32 Å². The number of unbranched alkanes of at least 4 members (excludes halogenated alkanes) is 23. The summed E-state index contributed by atoms with van der Waals surface area (Å²) in [5.74, 6) is -0.595. The van der Waals surface area contributed by atoms with Gasteiger partial charge < -0.3 is 28.5 Å². The lowest BCUT2D eigenvalue weighted by Crippen LogP contribution is -2.47. The summed E-state index contributed by atoms with van der Waals surface area (Å²) in [6.07, 6.45) is 87.1. The average Bonchev–Trinajstić information content (AvgIpc) is 3.51. The minimum atomic E-state index is -4.72. The van der Waals surface area contributed by atoms with Crippen LogP contribution in [0.5, 0.6) is 0 Å². The molecule has 0 fully saturated rings. The van der Waals surface area contributed by atoms with Crippen molar-refractivity contribution >= 4 is 19.7 Å². The van der Waals surface area contributed by atoms with Gasteiger partial charge >= 0.3 is 5.97 Å². The van der Waals surface area contributed by atoms with Crippen LogP contribution in [0.4, 0.5) is 0 Å². The van der Waals surface area contributed by atoms with Gasteiger partial charge in [0.15, 0.2) is 0 Å². The van der Waals surface area contributed by atoms with Crippen LogP contribution >= 0.6 is 7.82 Å². The van der Waals surface area contributed by atoms with E-state index >= 15 is 0 Å². The van der Waals surface area contributed by atoms with Crippen molar-refractivity contribution in [1.29, 1.82) is 0 Å². The van der Waals surface area contributed by atoms with Gasteiger partial charge in [-0.2, -0.15) is 0 Å². The Balaban J connectivity index is 5.17. The van der Waals surface area contributed by atoms with Gasteiger partial charge in [0.25, 0.3) is 7.82 Å². The van der Waals surface area contributed by atoms with E-state index in [1.54, 1.807) is 0 Å². The number of amides is 1. The number of hydrogen-bond donors (Lipinski definition) is 1. The summed E-state index contributed by atoms with van der Waals surface area (Å²) in [5, 5.41) is 3.02. The van der Waals surface area contributed by atoms with E-state index in [0.717, 1.165) is 128 Å². The van der Waals surface area contributed by atoms with Crippen LogP contribution < -0.4 is 10.2 Å². The van der Waals surface area contributed by atoms with Crippen molar-refractivity contribution in [3.8, 4) is 0 Å². The van der Waals surface area contributed by atoms with Crippen molar-refractivity contribution in [2.24, 2.45) is 0 Å². The highest BCUT2D eigenvalue weighted by Crippen LogP contribution is 2.38. The first kappa shape index (κ1) is 79.2. The zero-order valence-electron chi connectivity index (χ0n) is 54.1. The summed E-state index contributed by atoms with van der Waals surface area (Å²) in [6, 6.07) is -0.916. The number of phosphoric acid groups is 1. The van der Waals surface area contributed by atoms with Crippen molar-refractivity contribution in [3.05, 3.63) is 134 Å². The Bertz CT molecular complexity index is 1880. The van der Waals surface area contributed by atoms with Crippen molar-refractivity contribution in [2.75, 3.05) is 40.9 Å². The van der Waals surface area contributed by atoms with Gasteiger partial charge in [-0.1, -0.05) is 258 Å². The number of nitrogens with zero attached hydrogens (tertiary/aromatic N) is 1. The van der Waals surface area contributed by atoms with Gasteiger partial charge in [-0.25, -0.2) is 0 Å². The third-order valence-corrected chi connectivity index (χ3v) is 15.0. The predicted octanol–water partition coefficient (Wildman–Crippen LogP) is 20.6. The van der Waals surface area contributed by atoms with Crippen molar-refractivity contribution in [2.45, 2.75) is 277 Å². The van der Waals surface area contributed by atoms with E-state index in [-0.39, 0.29) is 24.9 Å². The maximum Gasteiger partial charge on any atom is 0.306 e. The molecule has 0 aliphatic heterocycles. The van der Waals surface area contributed by atoms with Gasteiger partial charge in [0.05, 0.1) is 33.8 Å². The molecule has 9 nitrogen and oxygen atoms in total. The Morgan fingerprint density at radius 1 is 0.434 bits per heavy atom. The van der Waals surface area contributed by atoms with Crippen LogP contribution in [0.1, 0.15) is 265 Å². The molecule has 1 N–H and O–H groups in total. The second-order valence-electron chi connectivity index (χ2n) is 23.2. The summed E-state index contributed by atoms with van der Waals surface area (Å²) in [6.45, 7) is 6.66. The molecule has 0 spiro atoms. The Labute approximate surface area is 511 Å². The first-order valence-electron chi connectivity index (χ1n) is 33.5. The highest BCUT2D eigenvalue weighted by Gasteiger charge is 2.27. The molecule has 0 saturated carbocycles. The number of esters is 1. The maximum atomic E-state index is 13.6. The average molecular weight is 1170 g/mol. The summed E-state index contributed by atoms with van der Waals surface area (Å²) >= 11 is 0. The van der Waals surface area contributed by atoms with Crippen LogP contribution in [0, 0.1) is 0 Å². The second-order valence-corrected chi connectivity index (χ2v) is 24.6. The van der Waals surface area contributed by atoms with Crippen LogP contribution in [-0.2, 0) is 27.9 Å². The molecule has 10 heteroatoms. The molecule has 1 amide bonds. The fourth-order valence-electron chi connectivity index (χ4n) is 8.92. The Morgan fingerprint density at radius 3 is 1.19 bits per heavy atom. The van der Waals surface area contributed by atoms with E-state index in [0.29, 0.717) is 23.9 Å². The van der Waals surface area contributed by atoms with Crippen LogP contribution in [0.15, 0.2) is 134 Å². The predicted molar refractivity (Wildman–Crippen MR) is 357 cm³/mol. The van der Waals surface area contributed by atoms with Crippen LogP contribution in [-0.4, -0.2) is 69.4 Å². The summed E-state index contributed by atoms with van der Waals surface area (Å²) in [4.78, 5) is 40.1. The highest BCUT2D eigenvalue weighted by molar-refractivity contribution is 7.45. The van der Waals surface area contributed by atoms with E-state index in [1.807, 2.05) is 33.3 Å². The van der Waals surface area contributed by atoms with E-state index in [1.165, 1.54) is 96.3 Å². The van der Waals surface area contributed by atoms with Crippen LogP contribution in [0.2, 0.25) is 0 Å². The van der Waals surface area contributed by atoms with Gasteiger partial charge in [0, 0.05) is 12.8 Å². The normalized spacial score (nSPS) is 14.4. The quantitative estimate of drug-likeness (QED) is 0.0212. The lowest BCUT2D eigenvalue weighted by Gasteiger charge is -2.30. The number of allylic oxidation sites excluding steroid dienone is 21. The molecule has 0 rings (SSSR count). The summed E-state index contributed by atoms with van der Waals surface area (Å²) in [5.41, 5.74) is 0. The standard InChI is InChI=1S/C73H125N2O7P/c1-7-10-13-16-19-22-25-27-29-31-33-34-35-36-37-38-39-40-42-43-45-47-50-53-56-59-62-65-72(76)74-70(69-81-83(78,79)80-68-67-75(4,5)6)71(64-61-58-55-52-49-24-21-18-15-12-9-3)82-73(77)66-63-60-57-54-51-48-46-44-41-32-30-28-26-23-20-17-14-11-8-2/h10,13,19-20,22-23,27-30,33-34,36-37,39-41,44,48,51,61,64,70-71H,7-9,11-12,14-18,21,24-26,31-32,35,38,42-43,45-47,49-50,52-60,62-63,65-69H2,1-6H3,(H-,74,76,78,79)/b13-10-,22-19-,23-20-,29-27-,30-28-,34-33-,37-36-,40-39-,44-41-,51-48-,64-61-. The van der Waals surface area contributed by atoms with Gasteiger partial charge in [-0.3, -0.25) is 14.2 Å². The summed E-state index contributed by atoms with van der Waals surface area (Å²) < 4.78 is 30.3. The SMILES string of the molecule is CC/C=C\C/C=C\C/C=C\C/C=C\C/C=C\C/C=C\CCCCCCCCCCC(=O)NC(COP(=O)([O-])OCC[N+](C)(C)C)C(/C=C\CCCCCCCCCCC)OC(=O)CCCCC/C=C\C/C=C\C/C=C\C/C=C\CCCCC. The number of carbonyl (C=O) groups is 2. The number of quaternary nitrogens is 1. The number of ether oxygens (including phenoxy) is 1. The number of phosphoric ester groups is 1. The molecule has 0 bridgehead atoms. The smallest absolute Gasteiger partial charge is 0.306 e. The fraction of sp³-hybridized carbons (Fsp3) is 0.671. The van der Waals surface area contributed by atoms with E-state index in [2.05, 4.69) is 148 Å². The minimum absolute atomic E-state index is 0.0366. The number of rotatable bonds is 59. The molecule has 0 aromatic carbocycles. The largest absolute Gasteiger partial charge is 0.756 e.